The first-order valence-electron chi connectivity index (χ1n) is 7.38. The smallest absolute Gasteiger partial charge is 0.170 e. The average molecular weight is 273 g/mol. The van der Waals surface area contributed by atoms with Crippen molar-refractivity contribution in [3.63, 3.8) is 0 Å². The van der Waals surface area contributed by atoms with Crippen LogP contribution in [0, 0.1) is 0 Å². The van der Waals surface area contributed by atoms with Gasteiger partial charge in [0.15, 0.2) is 12.1 Å². The zero-order valence-electron chi connectivity index (χ0n) is 12.5. The second-order valence-corrected chi connectivity index (χ2v) is 5.36. The zero-order chi connectivity index (χ0) is 14.5. The number of carbonyl (C=O) groups is 1. The molecule has 0 radical (unpaired) electrons. The van der Waals surface area contributed by atoms with E-state index in [1.54, 1.807) is 0 Å². The molecule has 4 heteroatoms. The van der Waals surface area contributed by atoms with Gasteiger partial charge in [-0.25, -0.2) is 4.98 Å². The first kappa shape index (κ1) is 14.6. The van der Waals surface area contributed by atoms with Crippen molar-refractivity contribution in [2.75, 3.05) is 11.4 Å². The molecule has 0 fully saturated rings. The molecule has 4 nitrogen and oxygen atoms in total. The van der Waals surface area contributed by atoms with Crippen LogP contribution in [-0.4, -0.2) is 28.3 Å². The Morgan fingerprint density at radius 2 is 2.15 bits per heavy atom. The Bertz CT molecular complexity index is 574. The second-order valence-electron chi connectivity index (χ2n) is 5.36. The van der Waals surface area contributed by atoms with Crippen LogP contribution in [0.3, 0.4) is 0 Å². The van der Waals surface area contributed by atoms with Crippen LogP contribution in [-0.2, 0) is 0 Å². The molecule has 2 heterocycles. The number of pyridine rings is 1. The van der Waals surface area contributed by atoms with Crippen molar-refractivity contribution in [1.29, 1.82) is 0 Å². The van der Waals surface area contributed by atoms with Crippen LogP contribution in [0.15, 0.2) is 24.4 Å². The molecule has 108 valence electrons. The number of anilines is 1. The predicted octanol–water partition coefficient (Wildman–Crippen LogP) is 3.55. The third-order valence-electron chi connectivity index (χ3n) is 3.56. The summed E-state index contributed by atoms with van der Waals surface area (Å²) in [7, 11) is 0. The summed E-state index contributed by atoms with van der Waals surface area (Å²) in [5.74, 6) is 0.803. The molecule has 0 N–H and O–H groups in total. The fourth-order valence-electron chi connectivity index (χ4n) is 2.46. The molecule has 2 aromatic rings. The second kappa shape index (κ2) is 6.55. The number of nitrogens with zero attached hydrogens (tertiary/aromatic N) is 3. The normalized spacial score (nSPS) is 11.2. The Balaban J connectivity index is 2.39. The number of rotatable bonds is 7. The van der Waals surface area contributed by atoms with Crippen molar-refractivity contribution in [3.05, 3.63) is 30.1 Å². The van der Waals surface area contributed by atoms with Crippen LogP contribution in [0.5, 0.6) is 0 Å². The molecular formula is C16H23N3O. The molecule has 0 aliphatic heterocycles. The third-order valence-corrected chi connectivity index (χ3v) is 3.56. The minimum absolute atomic E-state index is 0.329. The van der Waals surface area contributed by atoms with Crippen LogP contribution >= 0.6 is 0 Å². The van der Waals surface area contributed by atoms with E-state index in [4.69, 9.17) is 0 Å². The predicted molar refractivity (Wildman–Crippen MR) is 82.6 cm³/mol. The molecule has 0 spiro atoms. The molecule has 0 saturated carbocycles. The highest BCUT2D eigenvalue weighted by Crippen LogP contribution is 2.22. The van der Waals surface area contributed by atoms with Crippen molar-refractivity contribution >= 4 is 17.8 Å². The first-order valence-corrected chi connectivity index (χ1v) is 7.38. The summed E-state index contributed by atoms with van der Waals surface area (Å²) in [6, 6.07) is 6.12. The molecule has 0 aliphatic carbocycles. The lowest BCUT2D eigenvalue weighted by Crippen LogP contribution is -2.32. The SMILES string of the molecule is CCCCCN(c1nc2ccccn2c1C=O)C(C)C. The van der Waals surface area contributed by atoms with E-state index in [9.17, 15) is 4.79 Å². The van der Waals surface area contributed by atoms with Crippen molar-refractivity contribution < 1.29 is 4.79 Å². The van der Waals surface area contributed by atoms with Crippen molar-refractivity contribution in [1.82, 2.24) is 9.38 Å². The van der Waals surface area contributed by atoms with Gasteiger partial charge in [-0.1, -0.05) is 25.8 Å². The highest BCUT2D eigenvalue weighted by Gasteiger charge is 2.19. The summed E-state index contributed by atoms with van der Waals surface area (Å²) < 4.78 is 1.86. The van der Waals surface area contributed by atoms with Gasteiger partial charge in [0.25, 0.3) is 0 Å². The number of imidazole rings is 1. The van der Waals surface area contributed by atoms with Gasteiger partial charge in [0.1, 0.15) is 11.3 Å². The van der Waals surface area contributed by atoms with Crippen LogP contribution in [0.1, 0.15) is 50.5 Å². The number of fused-ring (bicyclic) bond motifs is 1. The quantitative estimate of drug-likeness (QED) is 0.572. The number of aromatic nitrogens is 2. The average Bonchev–Trinajstić information content (AvgIpc) is 2.81. The topological polar surface area (TPSA) is 37.6 Å². The maximum atomic E-state index is 11.5. The zero-order valence-corrected chi connectivity index (χ0v) is 12.5. The summed E-state index contributed by atoms with van der Waals surface area (Å²) in [6.45, 7) is 7.42. The van der Waals surface area contributed by atoms with E-state index in [0.717, 1.165) is 30.7 Å². The molecule has 2 aromatic heterocycles. The van der Waals surface area contributed by atoms with Crippen molar-refractivity contribution in [3.8, 4) is 0 Å². The van der Waals surface area contributed by atoms with Crippen LogP contribution < -0.4 is 4.90 Å². The standard InChI is InChI=1S/C16H23N3O/c1-4-5-7-10-18(13(2)3)16-14(12-20)19-11-8-6-9-15(19)17-16/h6,8-9,11-13H,4-5,7,10H2,1-3H3. The van der Waals surface area contributed by atoms with E-state index >= 15 is 0 Å². The van der Waals surface area contributed by atoms with Gasteiger partial charge in [0.05, 0.1) is 0 Å². The number of aldehydes is 1. The Kier molecular flexibility index (Phi) is 4.77. The molecule has 0 aromatic carbocycles. The van der Waals surface area contributed by atoms with Crippen molar-refractivity contribution in [2.24, 2.45) is 0 Å². The van der Waals surface area contributed by atoms with Gasteiger partial charge in [-0.05, 0) is 32.4 Å². The summed E-state index contributed by atoms with van der Waals surface area (Å²) in [6.07, 6.45) is 6.32. The minimum Gasteiger partial charge on any atom is -0.352 e. The van der Waals surface area contributed by atoms with E-state index in [2.05, 4.69) is 30.7 Å². The van der Waals surface area contributed by atoms with Gasteiger partial charge in [0, 0.05) is 18.8 Å². The molecular weight excluding hydrogens is 250 g/mol. The molecule has 0 aliphatic rings. The molecule has 0 unspecified atom stereocenters. The van der Waals surface area contributed by atoms with E-state index in [0.29, 0.717) is 11.7 Å². The number of hydrogen-bond donors (Lipinski definition) is 0. The monoisotopic (exact) mass is 273 g/mol. The maximum Gasteiger partial charge on any atom is 0.170 e. The Morgan fingerprint density at radius 3 is 2.80 bits per heavy atom. The van der Waals surface area contributed by atoms with Crippen LogP contribution in [0.4, 0.5) is 5.82 Å². The minimum atomic E-state index is 0.329. The highest BCUT2D eigenvalue weighted by atomic mass is 16.1. The van der Waals surface area contributed by atoms with Gasteiger partial charge < -0.3 is 4.90 Å². The van der Waals surface area contributed by atoms with Crippen LogP contribution in [0.25, 0.3) is 5.65 Å². The molecule has 2 rings (SSSR count). The summed E-state index contributed by atoms with van der Waals surface area (Å²) in [5.41, 5.74) is 1.47. The lowest BCUT2D eigenvalue weighted by molar-refractivity contribution is 0.111. The van der Waals surface area contributed by atoms with E-state index in [1.807, 2.05) is 28.8 Å². The largest absolute Gasteiger partial charge is 0.352 e. The number of carbonyl (C=O) groups excluding carboxylic acids is 1. The van der Waals surface area contributed by atoms with Crippen molar-refractivity contribution in [2.45, 2.75) is 46.1 Å². The number of unbranched alkanes of at least 4 members (excludes halogenated alkanes) is 2. The van der Waals surface area contributed by atoms with Crippen LogP contribution in [0.2, 0.25) is 0 Å². The fourth-order valence-corrected chi connectivity index (χ4v) is 2.46. The van der Waals surface area contributed by atoms with E-state index in [1.165, 1.54) is 12.8 Å². The molecule has 0 bridgehead atoms. The van der Waals surface area contributed by atoms with Gasteiger partial charge in [0.2, 0.25) is 0 Å². The first-order chi connectivity index (χ1) is 9.69. The van der Waals surface area contributed by atoms with Gasteiger partial charge in [-0.2, -0.15) is 0 Å². The summed E-state index contributed by atoms with van der Waals surface area (Å²) >= 11 is 0. The Morgan fingerprint density at radius 1 is 1.35 bits per heavy atom. The Hall–Kier alpha value is -1.84. The lowest BCUT2D eigenvalue weighted by atomic mass is 10.2. The third kappa shape index (κ3) is 2.84. The summed E-state index contributed by atoms with van der Waals surface area (Å²) in [5, 5.41) is 0. The summed E-state index contributed by atoms with van der Waals surface area (Å²) in [4.78, 5) is 18.3. The van der Waals surface area contributed by atoms with Gasteiger partial charge >= 0.3 is 0 Å². The molecule has 0 saturated heterocycles. The maximum absolute atomic E-state index is 11.5. The highest BCUT2D eigenvalue weighted by molar-refractivity contribution is 5.83. The van der Waals surface area contributed by atoms with Gasteiger partial charge in [-0.3, -0.25) is 9.20 Å². The van der Waals surface area contributed by atoms with Gasteiger partial charge in [-0.15, -0.1) is 0 Å². The molecule has 0 amide bonds. The molecule has 0 atom stereocenters. The number of hydrogen-bond acceptors (Lipinski definition) is 3. The fraction of sp³-hybridized carbons (Fsp3) is 0.500. The van der Waals surface area contributed by atoms with E-state index in [-0.39, 0.29) is 0 Å². The van der Waals surface area contributed by atoms with E-state index < -0.39 is 0 Å². The lowest BCUT2D eigenvalue weighted by Gasteiger charge is -2.27. The molecule has 20 heavy (non-hydrogen) atoms. The Labute approximate surface area is 120 Å².